The zero-order chi connectivity index (χ0) is 14.0. The quantitative estimate of drug-likeness (QED) is 0.901. The summed E-state index contributed by atoms with van der Waals surface area (Å²) in [4.78, 5) is 12.2. The van der Waals surface area contributed by atoms with Crippen LogP contribution in [0.1, 0.15) is 41.4 Å². The lowest BCUT2D eigenvalue weighted by Crippen LogP contribution is -2.13. The first kappa shape index (κ1) is 13.8. The van der Waals surface area contributed by atoms with E-state index in [1.807, 2.05) is 25.1 Å². The summed E-state index contributed by atoms with van der Waals surface area (Å²) in [5, 5.41) is 9.80. The van der Waals surface area contributed by atoms with Crippen LogP contribution in [0.4, 0.5) is 5.82 Å². The highest BCUT2D eigenvalue weighted by molar-refractivity contribution is 9.10. The Labute approximate surface area is 120 Å². The maximum atomic E-state index is 12.2. The minimum atomic E-state index is -0.152. The van der Waals surface area contributed by atoms with Crippen molar-refractivity contribution in [3.8, 4) is 0 Å². The number of nitrogens with one attached hydrogen (secondary N) is 2. The molecule has 0 fully saturated rings. The molecule has 0 aliphatic carbocycles. The molecule has 1 aromatic heterocycles. The summed E-state index contributed by atoms with van der Waals surface area (Å²) < 4.78 is 0.883. The van der Waals surface area contributed by atoms with Gasteiger partial charge in [-0.3, -0.25) is 9.89 Å². The molecule has 2 N–H and O–H groups in total. The summed E-state index contributed by atoms with van der Waals surface area (Å²) in [5.41, 5.74) is 2.57. The molecule has 2 rings (SSSR count). The molecule has 0 aliphatic heterocycles. The van der Waals surface area contributed by atoms with E-state index in [1.54, 1.807) is 6.07 Å². The average molecular weight is 322 g/mol. The van der Waals surface area contributed by atoms with E-state index < -0.39 is 0 Å². The lowest BCUT2D eigenvalue weighted by Gasteiger charge is -2.05. The van der Waals surface area contributed by atoms with Crippen LogP contribution in [0.3, 0.4) is 0 Å². The Hall–Kier alpha value is -1.62. The van der Waals surface area contributed by atoms with Gasteiger partial charge >= 0.3 is 0 Å². The van der Waals surface area contributed by atoms with E-state index >= 15 is 0 Å². The number of hydrogen-bond donors (Lipinski definition) is 2. The van der Waals surface area contributed by atoms with Gasteiger partial charge < -0.3 is 5.32 Å². The lowest BCUT2D eigenvalue weighted by molar-refractivity contribution is 0.102. The summed E-state index contributed by atoms with van der Waals surface area (Å²) in [6.07, 6.45) is 0. The molecule has 4 nitrogen and oxygen atoms in total. The fourth-order valence-corrected chi connectivity index (χ4v) is 2.08. The van der Waals surface area contributed by atoms with Gasteiger partial charge in [0.25, 0.3) is 5.91 Å². The third-order valence-corrected chi connectivity index (χ3v) is 3.40. The number of hydrogen-bond acceptors (Lipinski definition) is 2. The number of aromatic nitrogens is 2. The third kappa shape index (κ3) is 3.23. The monoisotopic (exact) mass is 321 g/mol. The van der Waals surface area contributed by atoms with Gasteiger partial charge in [-0.15, -0.1) is 0 Å². The molecule has 0 bridgehead atoms. The molecule has 1 aromatic carbocycles. The molecule has 0 radical (unpaired) electrons. The van der Waals surface area contributed by atoms with Crippen molar-refractivity contribution >= 4 is 27.7 Å². The zero-order valence-corrected chi connectivity index (χ0v) is 12.7. The molecule has 100 valence electrons. The highest BCUT2D eigenvalue weighted by atomic mass is 79.9. The smallest absolute Gasteiger partial charge is 0.257 e. The molecule has 1 heterocycles. The van der Waals surface area contributed by atoms with Crippen molar-refractivity contribution in [2.45, 2.75) is 26.7 Å². The Morgan fingerprint density at radius 1 is 1.37 bits per heavy atom. The molecule has 0 unspecified atom stereocenters. The Balaban J connectivity index is 2.18. The maximum Gasteiger partial charge on any atom is 0.257 e. The molecule has 0 saturated carbocycles. The fourth-order valence-electron chi connectivity index (χ4n) is 1.72. The van der Waals surface area contributed by atoms with Crippen LogP contribution in [0.25, 0.3) is 0 Å². The van der Waals surface area contributed by atoms with E-state index in [0.717, 1.165) is 15.7 Å². The summed E-state index contributed by atoms with van der Waals surface area (Å²) in [7, 11) is 0. The summed E-state index contributed by atoms with van der Waals surface area (Å²) in [6.45, 7) is 6.04. The lowest BCUT2D eigenvalue weighted by atomic mass is 10.1. The average Bonchev–Trinajstić information content (AvgIpc) is 2.80. The fraction of sp³-hybridized carbons (Fsp3) is 0.286. The number of rotatable bonds is 3. The van der Waals surface area contributed by atoms with Crippen molar-refractivity contribution in [1.82, 2.24) is 10.2 Å². The van der Waals surface area contributed by atoms with Crippen molar-refractivity contribution in [2.75, 3.05) is 5.32 Å². The second-order valence-corrected chi connectivity index (χ2v) is 5.69. The minimum absolute atomic E-state index is 0.152. The molecular formula is C14H16BrN3O. The van der Waals surface area contributed by atoms with Crippen LogP contribution in [-0.4, -0.2) is 16.1 Å². The molecule has 0 saturated heterocycles. The Morgan fingerprint density at radius 3 is 2.74 bits per heavy atom. The number of aryl methyl sites for hydroxylation is 1. The van der Waals surface area contributed by atoms with Gasteiger partial charge in [-0.1, -0.05) is 35.8 Å². The first-order chi connectivity index (χ1) is 8.97. The summed E-state index contributed by atoms with van der Waals surface area (Å²) in [5.74, 6) is 0.749. The maximum absolute atomic E-state index is 12.2. The number of H-pyrrole nitrogens is 1. The van der Waals surface area contributed by atoms with Gasteiger partial charge in [0.05, 0.1) is 0 Å². The van der Waals surface area contributed by atoms with Crippen LogP contribution in [-0.2, 0) is 0 Å². The number of nitrogens with zero attached hydrogens (tertiary/aromatic N) is 1. The Kier molecular flexibility index (Phi) is 4.04. The topological polar surface area (TPSA) is 57.8 Å². The Morgan fingerprint density at radius 2 is 2.11 bits per heavy atom. The molecule has 5 heteroatoms. The van der Waals surface area contributed by atoms with Crippen molar-refractivity contribution < 1.29 is 4.79 Å². The minimum Gasteiger partial charge on any atom is -0.305 e. The van der Waals surface area contributed by atoms with E-state index in [2.05, 4.69) is 45.3 Å². The van der Waals surface area contributed by atoms with E-state index in [0.29, 0.717) is 17.3 Å². The number of anilines is 1. The second kappa shape index (κ2) is 5.57. The van der Waals surface area contributed by atoms with Gasteiger partial charge in [0.2, 0.25) is 0 Å². The summed E-state index contributed by atoms with van der Waals surface area (Å²) >= 11 is 3.37. The second-order valence-electron chi connectivity index (χ2n) is 4.78. The first-order valence-corrected chi connectivity index (χ1v) is 6.89. The number of aromatic amines is 1. The van der Waals surface area contributed by atoms with Crippen LogP contribution >= 0.6 is 15.9 Å². The number of carbonyl (C=O) groups excluding carboxylic acids is 1. The van der Waals surface area contributed by atoms with Gasteiger partial charge in [0, 0.05) is 21.8 Å². The predicted molar refractivity (Wildman–Crippen MR) is 79.5 cm³/mol. The first-order valence-electron chi connectivity index (χ1n) is 6.10. The van der Waals surface area contributed by atoms with Crippen molar-refractivity contribution in [3.63, 3.8) is 0 Å². The van der Waals surface area contributed by atoms with Crippen LogP contribution in [0.15, 0.2) is 28.7 Å². The van der Waals surface area contributed by atoms with Crippen molar-refractivity contribution in [2.24, 2.45) is 0 Å². The zero-order valence-electron chi connectivity index (χ0n) is 11.1. The van der Waals surface area contributed by atoms with Gasteiger partial charge in [0.1, 0.15) is 0 Å². The van der Waals surface area contributed by atoms with E-state index in [4.69, 9.17) is 0 Å². The van der Waals surface area contributed by atoms with Gasteiger partial charge in [-0.2, -0.15) is 5.10 Å². The molecular weight excluding hydrogens is 306 g/mol. The van der Waals surface area contributed by atoms with Crippen molar-refractivity contribution in [1.29, 1.82) is 0 Å². The molecule has 19 heavy (non-hydrogen) atoms. The standard InChI is InChI=1S/C14H16BrN3O/c1-8(2)12-7-13(18-17-12)16-14(19)11-6-10(15)5-4-9(11)3/h4-8H,1-3H3,(H2,16,17,18,19). The van der Waals surface area contributed by atoms with Gasteiger partial charge in [0.15, 0.2) is 5.82 Å². The van der Waals surface area contributed by atoms with Gasteiger partial charge in [-0.25, -0.2) is 0 Å². The van der Waals surface area contributed by atoms with Crippen LogP contribution in [0.2, 0.25) is 0 Å². The van der Waals surface area contributed by atoms with Crippen LogP contribution in [0, 0.1) is 6.92 Å². The largest absolute Gasteiger partial charge is 0.305 e. The highest BCUT2D eigenvalue weighted by Crippen LogP contribution is 2.19. The number of halogens is 1. The normalized spacial score (nSPS) is 10.8. The van der Waals surface area contributed by atoms with Crippen molar-refractivity contribution in [3.05, 3.63) is 45.6 Å². The van der Waals surface area contributed by atoms with Crippen LogP contribution in [0.5, 0.6) is 0 Å². The molecule has 1 amide bonds. The number of carbonyl (C=O) groups is 1. The highest BCUT2D eigenvalue weighted by Gasteiger charge is 2.12. The van der Waals surface area contributed by atoms with Crippen LogP contribution < -0.4 is 5.32 Å². The van der Waals surface area contributed by atoms with E-state index in [-0.39, 0.29) is 5.91 Å². The number of amides is 1. The Bertz CT molecular complexity index is 604. The van der Waals surface area contributed by atoms with Gasteiger partial charge in [-0.05, 0) is 30.5 Å². The SMILES string of the molecule is Cc1ccc(Br)cc1C(=O)Nc1cc(C(C)C)[nH]n1. The van der Waals surface area contributed by atoms with E-state index in [1.165, 1.54) is 0 Å². The predicted octanol–water partition coefficient (Wildman–Crippen LogP) is 3.86. The third-order valence-electron chi connectivity index (χ3n) is 2.91. The summed E-state index contributed by atoms with van der Waals surface area (Å²) in [6, 6.07) is 7.48. The molecule has 2 aromatic rings. The molecule has 0 spiro atoms. The number of benzene rings is 1. The molecule has 0 atom stereocenters. The van der Waals surface area contributed by atoms with E-state index in [9.17, 15) is 4.79 Å². The molecule has 0 aliphatic rings.